The van der Waals surface area contributed by atoms with Crippen LogP contribution in [0.3, 0.4) is 0 Å². The summed E-state index contributed by atoms with van der Waals surface area (Å²) in [4.78, 5) is 9.84. The van der Waals surface area contributed by atoms with E-state index >= 15 is 0 Å². The van der Waals surface area contributed by atoms with Crippen LogP contribution >= 0.6 is 23.2 Å². The Labute approximate surface area is 162 Å². The lowest BCUT2D eigenvalue weighted by atomic mass is 10.2. The largest absolute Gasteiger partial charge is 0.456 e. The van der Waals surface area contributed by atoms with Crippen molar-refractivity contribution in [2.75, 3.05) is 0 Å². The molecule has 0 spiro atoms. The minimum Gasteiger partial charge on any atom is -0.456 e. The molecular formula is C15H7Cl2F6NO4. The van der Waals surface area contributed by atoms with E-state index < -0.39 is 44.9 Å². The second kappa shape index (κ2) is 7.92. The predicted octanol–water partition coefficient (Wildman–Crippen LogP) is 6.57. The number of nitro groups is 1. The summed E-state index contributed by atoms with van der Waals surface area (Å²) in [6.07, 6.45) is -9.26. The third-order valence-corrected chi connectivity index (χ3v) is 3.66. The van der Waals surface area contributed by atoms with Gasteiger partial charge in [0.15, 0.2) is 0 Å². The Morgan fingerprint density at radius 2 is 1.68 bits per heavy atom. The maximum absolute atomic E-state index is 13.3. The Kier molecular flexibility index (Phi) is 6.19. The molecule has 0 fully saturated rings. The Hall–Kier alpha value is -2.40. The van der Waals surface area contributed by atoms with Crippen LogP contribution in [0.25, 0.3) is 0 Å². The van der Waals surface area contributed by atoms with Crippen LogP contribution in [0.4, 0.5) is 32.0 Å². The van der Waals surface area contributed by atoms with Gasteiger partial charge in [-0.05, 0) is 24.3 Å². The lowest BCUT2D eigenvalue weighted by Crippen LogP contribution is -2.33. The first kappa shape index (κ1) is 21.9. The van der Waals surface area contributed by atoms with E-state index in [-0.39, 0.29) is 11.5 Å². The molecule has 0 aliphatic carbocycles. The van der Waals surface area contributed by atoms with Crippen LogP contribution in [0.15, 0.2) is 36.4 Å². The molecule has 13 heteroatoms. The summed E-state index contributed by atoms with van der Waals surface area (Å²) in [7, 11) is 0. The maximum Gasteiger partial charge on any atom is 0.444 e. The summed E-state index contributed by atoms with van der Waals surface area (Å²) in [5.74, 6) is -1.75. The van der Waals surface area contributed by atoms with Crippen LogP contribution in [-0.2, 0) is 6.18 Å². The van der Waals surface area contributed by atoms with Crippen LogP contribution in [-0.4, -0.2) is 16.7 Å². The van der Waals surface area contributed by atoms with Crippen molar-refractivity contribution in [2.45, 2.75) is 17.9 Å². The zero-order chi connectivity index (χ0) is 21.3. The summed E-state index contributed by atoms with van der Waals surface area (Å²) in [5, 5.41) is 10.5. The minimum atomic E-state index is -4.66. The highest BCUT2D eigenvalue weighted by Crippen LogP contribution is 2.40. The number of nitro benzene ring substituents is 1. The first-order valence-electron chi connectivity index (χ1n) is 6.99. The molecule has 5 nitrogen and oxygen atoms in total. The fraction of sp³-hybridized carbons (Fsp3) is 0.200. The number of hydrogen-bond acceptors (Lipinski definition) is 4. The zero-order valence-corrected chi connectivity index (χ0v) is 14.7. The third kappa shape index (κ3) is 5.10. The summed E-state index contributed by atoms with van der Waals surface area (Å²) >= 11 is 10.3. The highest BCUT2D eigenvalue weighted by Gasteiger charge is 2.43. The van der Waals surface area contributed by atoms with E-state index in [1.54, 1.807) is 0 Å². The van der Waals surface area contributed by atoms with E-state index in [9.17, 15) is 36.5 Å². The van der Waals surface area contributed by atoms with Gasteiger partial charge in [-0.2, -0.15) is 22.0 Å². The Morgan fingerprint density at radius 1 is 1.04 bits per heavy atom. The molecule has 2 aromatic rings. The average molecular weight is 450 g/mol. The van der Waals surface area contributed by atoms with E-state index in [1.165, 1.54) is 0 Å². The fourth-order valence-electron chi connectivity index (χ4n) is 1.87. The van der Waals surface area contributed by atoms with Gasteiger partial charge in [-0.25, -0.2) is 4.39 Å². The molecule has 2 aromatic carbocycles. The van der Waals surface area contributed by atoms with Crippen molar-refractivity contribution in [3.63, 3.8) is 0 Å². The molecule has 0 amide bonds. The smallest absolute Gasteiger partial charge is 0.444 e. The molecule has 0 aromatic heterocycles. The van der Waals surface area contributed by atoms with Gasteiger partial charge in [0.25, 0.3) is 5.63 Å². The number of ether oxygens (including phenoxy) is 2. The summed E-state index contributed by atoms with van der Waals surface area (Å²) < 4.78 is 86.4. The molecule has 28 heavy (non-hydrogen) atoms. The average Bonchev–Trinajstić information content (AvgIpc) is 2.55. The molecule has 0 aliphatic heterocycles. The van der Waals surface area contributed by atoms with Gasteiger partial charge in [0.05, 0.1) is 15.5 Å². The lowest BCUT2D eigenvalue weighted by molar-refractivity contribution is -0.387. The normalized spacial score (nSPS) is 13.1. The quantitative estimate of drug-likeness (QED) is 0.216. The SMILES string of the molecule is O=[N+]([O-])c1ccc(Oc2ccc(C(F)(F)F)cc2Cl)cc1OC(F)(F)C(F)Cl. The lowest BCUT2D eigenvalue weighted by Gasteiger charge is -2.18. The number of benzene rings is 2. The molecule has 0 radical (unpaired) electrons. The molecule has 0 saturated carbocycles. The molecule has 0 aliphatic rings. The van der Waals surface area contributed by atoms with E-state index in [4.69, 9.17) is 16.3 Å². The standard InChI is InChI=1S/C15H7Cl2F6NO4/c16-9-5-7(14(19,20)21)1-4-11(9)27-8-2-3-10(24(25)26)12(6-8)28-15(22,23)13(17)18/h1-6,13H. The predicted molar refractivity (Wildman–Crippen MR) is 85.9 cm³/mol. The fourth-order valence-corrected chi connectivity index (χ4v) is 2.13. The van der Waals surface area contributed by atoms with Gasteiger partial charge in [0.2, 0.25) is 5.75 Å². The van der Waals surface area contributed by atoms with Crippen molar-refractivity contribution < 1.29 is 40.7 Å². The van der Waals surface area contributed by atoms with Crippen LogP contribution < -0.4 is 9.47 Å². The van der Waals surface area contributed by atoms with Gasteiger partial charge in [0, 0.05) is 12.1 Å². The van der Waals surface area contributed by atoms with E-state index in [2.05, 4.69) is 16.3 Å². The summed E-state index contributed by atoms with van der Waals surface area (Å²) in [6, 6.07) is 4.34. The zero-order valence-electron chi connectivity index (χ0n) is 13.1. The number of alkyl halides is 7. The number of halogens is 8. The Morgan fingerprint density at radius 3 is 2.18 bits per heavy atom. The highest BCUT2D eigenvalue weighted by molar-refractivity contribution is 6.32. The van der Waals surface area contributed by atoms with Crippen molar-refractivity contribution >= 4 is 28.9 Å². The Bertz CT molecular complexity index is 891. The molecule has 0 saturated heterocycles. The molecule has 0 heterocycles. The van der Waals surface area contributed by atoms with Crippen molar-refractivity contribution in [1.29, 1.82) is 0 Å². The number of nitrogens with zero attached hydrogens (tertiary/aromatic N) is 1. The highest BCUT2D eigenvalue weighted by atomic mass is 35.5. The van der Waals surface area contributed by atoms with Gasteiger partial charge >= 0.3 is 18.0 Å². The summed E-state index contributed by atoms with van der Waals surface area (Å²) in [5.41, 5.74) is -5.32. The number of hydrogen-bond donors (Lipinski definition) is 0. The van der Waals surface area contributed by atoms with Gasteiger partial charge in [-0.3, -0.25) is 10.1 Å². The van der Waals surface area contributed by atoms with Crippen LogP contribution in [0, 0.1) is 10.1 Å². The molecule has 1 unspecified atom stereocenters. The molecule has 2 rings (SSSR count). The second-order valence-electron chi connectivity index (χ2n) is 5.10. The third-order valence-electron chi connectivity index (χ3n) is 3.12. The van der Waals surface area contributed by atoms with Crippen LogP contribution in [0.1, 0.15) is 5.56 Å². The van der Waals surface area contributed by atoms with E-state index in [1.807, 2.05) is 0 Å². The molecule has 0 N–H and O–H groups in total. The number of rotatable bonds is 6. The molecular weight excluding hydrogens is 443 g/mol. The molecule has 1 atom stereocenters. The molecule has 152 valence electrons. The van der Waals surface area contributed by atoms with Crippen LogP contribution in [0.2, 0.25) is 5.02 Å². The minimum absolute atomic E-state index is 0.304. The van der Waals surface area contributed by atoms with Crippen LogP contribution in [0.5, 0.6) is 17.2 Å². The second-order valence-corrected chi connectivity index (χ2v) is 5.89. The first-order valence-corrected chi connectivity index (χ1v) is 7.80. The Balaban J connectivity index is 2.37. The maximum atomic E-state index is 13.3. The van der Waals surface area contributed by atoms with Gasteiger partial charge in [-0.15, -0.1) is 0 Å². The van der Waals surface area contributed by atoms with E-state index in [0.717, 1.165) is 12.1 Å². The summed E-state index contributed by atoms with van der Waals surface area (Å²) in [6.45, 7) is 0. The van der Waals surface area contributed by atoms with Crippen molar-refractivity contribution in [3.05, 3.63) is 57.1 Å². The van der Waals surface area contributed by atoms with Gasteiger partial charge in [0.1, 0.15) is 11.5 Å². The molecule has 0 bridgehead atoms. The monoisotopic (exact) mass is 449 g/mol. The van der Waals surface area contributed by atoms with Crippen molar-refractivity contribution in [3.8, 4) is 17.2 Å². The van der Waals surface area contributed by atoms with Crippen molar-refractivity contribution in [1.82, 2.24) is 0 Å². The van der Waals surface area contributed by atoms with Gasteiger partial charge in [-0.1, -0.05) is 23.2 Å². The first-order chi connectivity index (χ1) is 12.8. The van der Waals surface area contributed by atoms with Crippen molar-refractivity contribution in [2.24, 2.45) is 0 Å². The van der Waals surface area contributed by atoms with E-state index in [0.29, 0.717) is 24.3 Å². The topological polar surface area (TPSA) is 61.6 Å². The van der Waals surface area contributed by atoms with Gasteiger partial charge < -0.3 is 9.47 Å².